The van der Waals surface area contributed by atoms with Gasteiger partial charge in [-0.15, -0.1) is 0 Å². The van der Waals surface area contributed by atoms with Gasteiger partial charge in [0, 0.05) is 25.2 Å². The standard InChI is InChI=1S/C16H25NO4/c1-12(2)11-21-7-6-17-10-14-15(19-4)8-13(18-3)9-16(14)20-5/h8-9,17H,1,6-7,10-11H2,2-5H3. The molecule has 1 rings (SSSR count). The molecular formula is C16H25NO4. The third-order valence-electron chi connectivity index (χ3n) is 2.89. The van der Waals surface area contributed by atoms with E-state index in [-0.39, 0.29) is 0 Å². The van der Waals surface area contributed by atoms with Crippen LogP contribution in [-0.2, 0) is 11.3 Å². The second-order valence-corrected chi connectivity index (χ2v) is 4.70. The highest BCUT2D eigenvalue weighted by Gasteiger charge is 2.12. The predicted octanol–water partition coefficient (Wildman–Crippen LogP) is 2.39. The maximum atomic E-state index is 5.44. The highest BCUT2D eigenvalue weighted by Crippen LogP contribution is 2.33. The summed E-state index contributed by atoms with van der Waals surface area (Å²) in [5.41, 5.74) is 1.98. The zero-order valence-electron chi connectivity index (χ0n) is 13.3. The molecule has 0 bridgehead atoms. The first-order valence-electron chi connectivity index (χ1n) is 6.84. The van der Waals surface area contributed by atoms with Gasteiger partial charge in [0.25, 0.3) is 0 Å². The van der Waals surface area contributed by atoms with E-state index in [1.807, 2.05) is 19.1 Å². The highest BCUT2D eigenvalue weighted by atomic mass is 16.5. The number of ether oxygens (including phenoxy) is 4. The number of rotatable bonds is 10. The molecule has 0 unspecified atom stereocenters. The zero-order chi connectivity index (χ0) is 15.7. The normalized spacial score (nSPS) is 10.3. The summed E-state index contributed by atoms with van der Waals surface area (Å²) in [6, 6.07) is 3.69. The lowest BCUT2D eigenvalue weighted by Crippen LogP contribution is -2.20. The van der Waals surface area contributed by atoms with Crippen molar-refractivity contribution in [3.63, 3.8) is 0 Å². The van der Waals surface area contributed by atoms with Crippen LogP contribution in [0.25, 0.3) is 0 Å². The number of nitrogens with one attached hydrogen (secondary N) is 1. The van der Waals surface area contributed by atoms with E-state index < -0.39 is 0 Å². The molecule has 1 aromatic carbocycles. The molecule has 0 aliphatic rings. The average Bonchev–Trinajstić information content (AvgIpc) is 2.49. The van der Waals surface area contributed by atoms with E-state index in [1.54, 1.807) is 21.3 Å². The van der Waals surface area contributed by atoms with Crippen molar-refractivity contribution in [3.05, 3.63) is 29.8 Å². The first-order chi connectivity index (χ1) is 10.1. The number of hydrogen-bond acceptors (Lipinski definition) is 5. The van der Waals surface area contributed by atoms with E-state index >= 15 is 0 Å². The molecule has 0 heterocycles. The lowest BCUT2D eigenvalue weighted by Gasteiger charge is -2.15. The van der Waals surface area contributed by atoms with Crippen molar-refractivity contribution < 1.29 is 18.9 Å². The van der Waals surface area contributed by atoms with Crippen LogP contribution in [0, 0.1) is 0 Å². The Balaban J connectivity index is 2.58. The monoisotopic (exact) mass is 295 g/mol. The second-order valence-electron chi connectivity index (χ2n) is 4.70. The van der Waals surface area contributed by atoms with E-state index in [1.165, 1.54) is 0 Å². The summed E-state index contributed by atoms with van der Waals surface area (Å²) < 4.78 is 21.5. The van der Waals surface area contributed by atoms with Crippen LogP contribution in [0.2, 0.25) is 0 Å². The Hall–Kier alpha value is -1.72. The molecule has 0 aliphatic heterocycles. The van der Waals surface area contributed by atoms with E-state index in [0.29, 0.717) is 25.5 Å². The SMILES string of the molecule is C=C(C)COCCNCc1c(OC)cc(OC)cc1OC. The van der Waals surface area contributed by atoms with E-state index in [2.05, 4.69) is 11.9 Å². The third-order valence-corrected chi connectivity index (χ3v) is 2.89. The molecule has 0 atom stereocenters. The minimum Gasteiger partial charge on any atom is -0.496 e. The Bertz CT molecular complexity index is 435. The van der Waals surface area contributed by atoms with Gasteiger partial charge in [-0.25, -0.2) is 0 Å². The van der Waals surface area contributed by atoms with Crippen molar-refractivity contribution in [2.45, 2.75) is 13.5 Å². The summed E-state index contributed by atoms with van der Waals surface area (Å²) in [5, 5.41) is 3.31. The summed E-state index contributed by atoms with van der Waals surface area (Å²) in [7, 11) is 4.88. The van der Waals surface area contributed by atoms with Gasteiger partial charge >= 0.3 is 0 Å². The summed E-state index contributed by atoms with van der Waals surface area (Å²) in [5.74, 6) is 2.18. The largest absolute Gasteiger partial charge is 0.496 e. The highest BCUT2D eigenvalue weighted by molar-refractivity contribution is 5.50. The molecule has 21 heavy (non-hydrogen) atoms. The maximum Gasteiger partial charge on any atom is 0.130 e. The molecule has 0 saturated heterocycles. The minimum atomic E-state index is 0.594. The Morgan fingerprint density at radius 1 is 1.10 bits per heavy atom. The van der Waals surface area contributed by atoms with E-state index in [0.717, 1.165) is 29.2 Å². The van der Waals surface area contributed by atoms with Crippen LogP contribution in [0.5, 0.6) is 17.2 Å². The summed E-state index contributed by atoms with van der Waals surface area (Å²) in [4.78, 5) is 0. The fraction of sp³-hybridized carbons (Fsp3) is 0.500. The quantitative estimate of drug-likeness (QED) is 0.530. The van der Waals surface area contributed by atoms with Crippen LogP contribution in [0.1, 0.15) is 12.5 Å². The van der Waals surface area contributed by atoms with Crippen molar-refractivity contribution in [3.8, 4) is 17.2 Å². The van der Waals surface area contributed by atoms with Crippen LogP contribution in [0.4, 0.5) is 0 Å². The zero-order valence-corrected chi connectivity index (χ0v) is 13.3. The Labute approximate surface area is 126 Å². The van der Waals surface area contributed by atoms with Crippen molar-refractivity contribution in [1.82, 2.24) is 5.32 Å². The van der Waals surface area contributed by atoms with E-state index in [9.17, 15) is 0 Å². The van der Waals surface area contributed by atoms with Gasteiger partial charge in [-0.05, 0) is 6.92 Å². The van der Waals surface area contributed by atoms with Crippen LogP contribution >= 0.6 is 0 Å². The molecule has 0 radical (unpaired) electrons. The molecule has 0 aliphatic carbocycles. The minimum absolute atomic E-state index is 0.594. The second kappa shape index (κ2) is 9.26. The Morgan fingerprint density at radius 2 is 1.71 bits per heavy atom. The molecule has 0 fully saturated rings. The fourth-order valence-corrected chi connectivity index (χ4v) is 1.86. The van der Waals surface area contributed by atoms with Crippen LogP contribution < -0.4 is 19.5 Å². The fourth-order valence-electron chi connectivity index (χ4n) is 1.86. The summed E-state index contributed by atoms with van der Waals surface area (Å²) in [6.07, 6.45) is 0. The van der Waals surface area contributed by atoms with Gasteiger partial charge in [0.2, 0.25) is 0 Å². The molecule has 0 saturated carbocycles. The number of hydrogen-bond donors (Lipinski definition) is 1. The predicted molar refractivity (Wildman–Crippen MR) is 83.4 cm³/mol. The lowest BCUT2D eigenvalue weighted by molar-refractivity contribution is 0.157. The molecule has 0 amide bonds. The van der Waals surface area contributed by atoms with Gasteiger partial charge in [-0.1, -0.05) is 12.2 Å². The molecule has 1 N–H and O–H groups in total. The molecule has 0 spiro atoms. The van der Waals surface area contributed by atoms with Crippen LogP contribution in [0.15, 0.2) is 24.3 Å². The maximum absolute atomic E-state index is 5.44. The lowest BCUT2D eigenvalue weighted by atomic mass is 10.1. The third kappa shape index (κ3) is 5.65. The molecule has 0 aromatic heterocycles. The van der Waals surface area contributed by atoms with Gasteiger partial charge in [0.05, 0.1) is 40.1 Å². The molecule has 1 aromatic rings. The van der Waals surface area contributed by atoms with Gasteiger partial charge in [0.1, 0.15) is 17.2 Å². The van der Waals surface area contributed by atoms with Gasteiger partial charge in [0.15, 0.2) is 0 Å². The summed E-state index contributed by atoms with van der Waals surface area (Å²) >= 11 is 0. The van der Waals surface area contributed by atoms with Gasteiger partial charge in [-0.2, -0.15) is 0 Å². The van der Waals surface area contributed by atoms with Gasteiger partial charge in [-0.3, -0.25) is 0 Å². The van der Waals surface area contributed by atoms with Crippen molar-refractivity contribution in [2.24, 2.45) is 0 Å². The average molecular weight is 295 g/mol. The van der Waals surface area contributed by atoms with Crippen molar-refractivity contribution in [1.29, 1.82) is 0 Å². The molecule has 5 nitrogen and oxygen atoms in total. The number of benzene rings is 1. The molecule has 5 heteroatoms. The Morgan fingerprint density at radius 3 is 2.19 bits per heavy atom. The smallest absolute Gasteiger partial charge is 0.130 e. The van der Waals surface area contributed by atoms with E-state index in [4.69, 9.17) is 18.9 Å². The van der Waals surface area contributed by atoms with Crippen LogP contribution in [0.3, 0.4) is 0 Å². The topological polar surface area (TPSA) is 49.0 Å². The molecule has 118 valence electrons. The first kappa shape index (κ1) is 17.3. The van der Waals surface area contributed by atoms with Crippen LogP contribution in [-0.4, -0.2) is 41.1 Å². The molecular weight excluding hydrogens is 270 g/mol. The first-order valence-corrected chi connectivity index (χ1v) is 6.84. The van der Waals surface area contributed by atoms with Gasteiger partial charge < -0.3 is 24.3 Å². The van der Waals surface area contributed by atoms with Crippen molar-refractivity contribution in [2.75, 3.05) is 41.1 Å². The number of methoxy groups -OCH3 is 3. The summed E-state index contributed by atoms with van der Waals surface area (Å²) in [6.45, 7) is 8.34. The Kier molecular flexibility index (Phi) is 7.64. The van der Waals surface area contributed by atoms with Crippen molar-refractivity contribution >= 4 is 0 Å².